The first-order chi connectivity index (χ1) is 5.34. The summed E-state index contributed by atoms with van der Waals surface area (Å²) in [4.78, 5) is 6.04. The van der Waals surface area contributed by atoms with Crippen molar-refractivity contribution in [2.75, 3.05) is 18.5 Å². The second kappa shape index (κ2) is 3.76. The van der Waals surface area contributed by atoms with Crippen molar-refractivity contribution >= 4 is 5.69 Å². The number of nitrogens with zero attached hydrogens (tertiary/aromatic N) is 2. The predicted octanol–water partition coefficient (Wildman–Crippen LogP) is 1.70. The fraction of sp³-hybridized carbons (Fsp3) is 0.222. The maximum Gasteiger partial charge on any atom is 0.0397 e. The molecule has 0 aromatic carbocycles. The summed E-state index contributed by atoms with van der Waals surface area (Å²) < 4.78 is 0. The summed E-state index contributed by atoms with van der Waals surface area (Å²) in [5.41, 5.74) is 1.17. The largest absolute Gasteiger partial charge is 0.371 e. The minimum atomic E-state index is 0.865. The van der Waals surface area contributed by atoms with Gasteiger partial charge in [0, 0.05) is 31.7 Å². The van der Waals surface area contributed by atoms with E-state index in [1.165, 1.54) is 5.69 Å². The molecule has 1 aromatic heterocycles. The molecule has 0 saturated heterocycles. The van der Waals surface area contributed by atoms with Crippen LogP contribution in [0, 0.1) is 0 Å². The van der Waals surface area contributed by atoms with Crippen molar-refractivity contribution in [2.24, 2.45) is 0 Å². The standard InChI is InChI=1S/C9H12N2/c1-3-8-11(2)9-4-6-10-7-5-9/h3-7H,1,8H2,2H3. The number of anilines is 1. The molecule has 0 aliphatic carbocycles. The highest BCUT2D eigenvalue weighted by Crippen LogP contribution is 2.08. The van der Waals surface area contributed by atoms with Crippen molar-refractivity contribution < 1.29 is 0 Å². The fourth-order valence-corrected chi connectivity index (χ4v) is 0.898. The van der Waals surface area contributed by atoms with Gasteiger partial charge in [0.25, 0.3) is 0 Å². The van der Waals surface area contributed by atoms with Crippen LogP contribution in [0.15, 0.2) is 37.2 Å². The van der Waals surface area contributed by atoms with Crippen molar-refractivity contribution in [3.8, 4) is 0 Å². The molecule has 2 heteroatoms. The van der Waals surface area contributed by atoms with Gasteiger partial charge in [-0.3, -0.25) is 4.98 Å². The smallest absolute Gasteiger partial charge is 0.0397 e. The number of pyridine rings is 1. The molecule has 0 N–H and O–H groups in total. The van der Waals surface area contributed by atoms with Crippen molar-refractivity contribution in [2.45, 2.75) is 0 Å². The minimum Gasteiger partial charge on any atom is -0.371 e. The Bertz CT molecular complexity index is 218. The molecule has 0 aliphatic heterocycles. The Morgan fingerprint density at radius 3 is 2.73 bits per heavy atom. The lowest BCUT2D eigenvalue weighted by Crippen LogP contribution is -2.16. The minimum absolute atomic E-state index is 0.865. The number of likely N-dealkylation sites (N-methyl/N-ethyl adjacent to an activating group) is 1. The maximum absolute atomic E-state index is 3.94. The second-order valence-electron chi connectivity index (χ2n) is 2.37. The zero-order valence-electron chi connectivity index (χ0n) is 6.70. The Balaban J connectivity index is 2.68. The van der Waals surface area contributed by atoms with Crippen LogP contribution >= 0.6 is 0 Å². The Morgan fingerprint density at radius 2 is 2.18 bits per heavy atom. The summed E-state index contributed by atoms with van der Waals surface area (Å²) in [6, 6.07) is 3.95. The van der Waals surface area contributed by atoms with E-state index in [0.29, 0.717) is 0 Å². The van der Waals surface area contributed by atoms with Crippen LogP contribution in [0.5, 0.6) is 0 Å². The van der Waals surface area contributed by atoms with Gasteiger partial charge in [-0.1, -0.05) is 6.08 Å². The van der Waals surface area contributed by atoms with Crippen LogP contribution < -0.4 is 4.90 Å². The molecule has 1 rings (SSSR count). The molecule has 0 saturated carbocycles. The van der Waals surface area contributed by atoms with Crippen LogP contribution in [-0.2, 0) is 0 Å². The average Bonchev–Trinajstić information content (AvgIpc) is 2.07. The summed E-state index contributed by atoms with van der Waals surface area (Å²) in [6.07, 6.45) is 5.45. The quantitative estimate of drug-likeness (QED) is 0.606. The van der Waals surface area contributed by atoms with E-state index in [2.05, 4.69) is 16.5 Å². The molecule has 11 heavy (non-hydrogen) atoms. The molecule has 58 valence electrons. The third kappa shape index (κ3) is 2.08. The van der Waals surface area contributed by atoms with E-state index in [0.717, 1.165) is 6.54 Å². The summed E-state index contributed by atoms with van der Waals surface area (Å²) in [5, 5.41) is 0. The first kappa shape index (κ1) is 7.79. The van der Waals surface area contributed by atoms with Crippen molar-refractivity contribution in [1.82, 2.24) is 4.98 Å². The lowest BCUT2D eigenvalue weighted by Gasteiger charge is -2.15. The molecule has 0 fully saturated rings. The zero-order valence-corrected chi connectivity index (χ0v) is 6.70. The van der Waals surface area contributed by atoms with Gasteiger partial charge in [-0.05, 0) is 12.1 Å². The van der Waals surface area contributed by atoms with Gasteiger partial charge in [0.05, 0.1) is 0 Å². The van der Waals surface area contributed by atoms with E-state index in [1.54, 1.807) is 12.4 Å². The Morgan fingerprint density at radius 1 is 1.55 bits per heavy atom. The maximum atomic E-state index is 3.94. The Labute approximate surface area is 67.2 Å². The van der Waals surface area contributed by atoms with Crippen LogP contribution in [0.25, 0.3) is 0 Å². The molecule has 0 spiro atoms. The van der Waals surface area contributed by atoms with Crippen LogP contribution in [0.1, 0.15) is 0 Å². The first-order valence-corrected chi connectivity index (χ1v) is 3.56. The molecular weight excluding hydrogens is 136 g/mol. The molecule has 0 radical (unpaired) electrons. The lowest BCUT2D eigenvalue weighted by molar-refractivity contribution is 1.03. The number of rotatable bonds is 3. The molecule has 1 heterocycles. The normalized spacial score (nSPS) is 9.18. The SMILES string of the molecule is C=CCN(C)c1ccncc1. The van der Waals surface area contributed by atoms with Gasteiger partial charge >= 0.3 is 0 Å². The lowest BCUT2D eigenvalue weighted by atomic mass is 10.3. The van der Waals surface area contributed by atoms with E-state index in [9.17, 15) is 0 Å². The van der Waals surface area contributed by atoms with E-state index in [-0.39, 0.29) is 0 Å². The highest BCUT2D eigenvalue weighted by atomic mass is 15.1. The van der Waals surface area contributed by atoms with Crippen LogP contribution in [0.3, 0.4) is 0 Å². The first-order valence-electron chi connectivity index (χ1n) is 3.56. The third-order valence-corrected chi connectivity index (χ3v) is 1.51. The summed E-state index contributed by atoms with van der Waals surface area (Å²) in [7, 11) is 2.02. The highest BCUT2D eigenvalue weighted by molar-refractivity contribution is 5.43. The van der Waals surface area contributed by atoms with E-state index < -0.39 is 0 Å². The average molecular weight is 148 g/mol. The van der Waals surface area contributed by atoms with Gasteiger partial charge in [-0.2, -0.15) is 0 Å². The predicted molar refractivity (Wildman–Crippen MR) is 47.7 cm³/mol. The van der Waals surface area contributed by atoms with Gasteiger partial charge in [-0.15, -0.1) is 6.58 Å². The molecule has 0 amide bonds. The summed E-state index contributed by atoms with van der Waals surface area (Å²) in [5.74, 6) is 0. The molecular formula is C9H12N2. The number of hydrogen-bond donors (Lipinski definition) is 0. The molecule has 1 aromatic rings. The van der Waals surface area contributed by atoms with Crippen LogP contribution in [-0.4, -0.2) is 18.6 Å². The zero-order chi connectivity index (χ0) is 8.10. The highest BCUT2D eigenvalue weighted by Gasteiger charge is 1.94. The molecule has 0 atom stereocenters. The summed E-state index contributed by atoms with van der Waals surface area (Å²) >= 11 is 0. The monoisotopic (exact) mass is 148 g/mol. The topological polar surface area (TPSA) is 16.1 Å². The number of aromatic nitrogens is 1. The van der Waals surface area contributed by atoms with Crippen molar-refractivity contribution in [1.29, 1.82) is 0 Å². The van der Waals surface area contributed by atoms with E-state index in [4.69, 9.17) is 0 Å². The van der Waals surface area contributed by atoms with Gasteiger partial charge in [0.15, 0.2) is 0 Å². The van der Waals surface area contributed by atoms with Gasteiger partial charge in [0.1, 0.15) is 0 Å². The molecule has 0 bridgehead atoms. The Kier molecular flexibility index (Phi) is 2.66. The molecule has 0 unspecified atom stereocenters. The van der Waals surface area contributed by atoms with Crippen LogP contribution in [0.4, 0.5) is 5.69 Å². The van der Waals surface area contributed by atoms with Gasteiger partial charge < -0.3 is 4.90 Å². The molecule has 0 aliphatic rings. The van der Waals surface area contributed by atoms with Gasteiger partial charge in [-0.25, -0.2) is 0 Å². The van der Waals surface area contributed by atoms with E-state index in [1.807, 2.05) is 25.3 Å². The van der Waals surface area contributed by atoms with Crippen LogP contribution in [0.2, 0.25) is 0 Å². The Hall–Kier alpha value is -1.31. The second-order valence-corrected chi connectivity index (χ2v) is 2.37. The van der Waals surface area contributed by atoms with Gasteiger partial charge in [0.2, 0.25) is 0 Å². The molecule has 2 nitrogen and oxygen atoms in total. The van der Waals surface area contributed by atoms with Crippen molar-refractivity contribution in [3.05, 3.63) is 37.2 Å². The van der Waals surface area contributed by atoms with Crippen molar-refractivity contribution in [3.63, 3.8) is 0 Å². The third-order valence-electron chi connectivity index (χ3n) is 1.51. The van der Waals surface area contributed by atoms with E-state index >= 15 is 0 Å². The summed E-state index contributed by atoms with van der Waals surface area (Å²) in [6.45, 7) is 4.53. The fourth-order valence-electron chi connectivity index (χ4n) is 0.898. The number of hydrogen-bond acceptors (Lipinski definition) is 2.